The predicted octanol–water partition coefficient (Wildman–Crippen LogP) is 5.36. The van der Waals surface area contributed by atoms with Gasteiger partial charge in [-0.1, -0.05) is 28.4 Å². The van der Waals surface area contributed by atoms with Crippen LogP contribution in [-0.2, 0) is 26.4 Å². The highest BCUT2D eigenvalue weighted by atomic mass is 35.5. The van der Waals surface area contributed by atoms with E-state index in [-0.39, 0.29) is 31.8 Å². The minimum absolute atomic E-state index is 0.0192. The highest BCUT2D eigenvalue weighted by molar-refractivity contribution is 7.92. The number of hydrogen-bond acceptors (Lipinski definition) is 4. The molecule has 0 bridgehead atoms. The van der Waals surface area contributed by atoms with Crippen LogP contribution >= 0.6 is 23.2 Å². The molecule has 14 heteroatoms. The van der Waals surface area contributed by atoms with Gasteiger partial charge in [0, 0.05) is 22.0 Å². The van der Waals surface area contributed by atoms with Crippen LogP contribution in [0.3, 0.4) is 0 Å². The van der Waals surface area contributed by atoms with E-state index >= 15 is 0 Å². The van der Waals surface area contributed by atoms with Crippen LogP contribution < -0.4 is 5.32 Å². The molecule has 0 radical (unpaired) electrons. The lowest BCUT2D eigenvalue weighted by atomic mass is 9.86. The summed E-state index contributed by atoms with van der Waals surface area (Å²) < 4.78 is 90.8. The summed E-state index contributed by atoms with van der Waals surface area (Å²) in [6, 6.07) is 8.62. The molecule has 0 saturated heterocycles. The summed E-state index contributed by atoms with van der Waals surface area (Å²) in [5, 5.41) is 5.17. The van der Waals surface area contributed by atoms with Crippen molar-refractivity contribution in [1.29, 1.82) is 0 Å². The smallest absolute Gasteiger partial charge is 0.435 e. The van der Waals surface area contributed by atoms with Crippen LogP contribution in [0.25, 0.3) is 0 Å². The zero-order chi connectivity index (χ0) is 25.3. The van der Waals surface area contributed by atoms with E-state index in [1.807, 2.05) is 0 Å². The number of oxime groups is 1. The molecule has 1 aliphatic rings. The van der Waals surface area contributed by atoms with Crippen molar-refractivity contribution in [2.75, 3.05) is 12.3 Å². The molecule has 0 spiro atoms. The first kappa shape index (κ1) is 26.5. The van der Waals surface area contributed by atoms with Gasteiger partial charge in [-0.15, -0.1) is 0 Å². The number of hydrogen-bond donors (Lipinski definition) is 1. The van der Waals surface area contributed by atoms with Gasteiger partial charge in [-0.25, -0.2) is 0 Å². The summed E-state index contributed by atoms with van der Waals surface area (Å²) >= 11 is 9.75. The fourth-order valence-electron chi connectivity index (χ4n) is 3.10. The molecule has 1 heterocycles. The van der Waals surface area contributed by atoms with Gasteiger partial charge in [0.1, 0.15) is 6.54 Å². The van der Waals surface area contributed by atoms with Gasteiger partial charge in [-0.3, -0.25) is 4.79 Å². The van der Waals surface area contributed by atoms with E-state index in [0.717, 1.165) is 12.1 Å². The van der Waals surface area contributed by atoms with Gasteiger partial charge in [-0.05, 0) is 59.2 Å². The molecule has 1 N–H and O–H groups in total. The van der Waals surface area contributed by atoms with E-state index in [0.29, 0.717) is 0 Å². The zero-order valence-corrected chi connectivity index (χ0v) is 19.1. The average molecular weight is 547 g/mol. The topological polar surface area (TPSA) is 73.8 Å². The third-order valence-electron chi connectivity index (χ3n) is 4.71. The molecule has 2 aromatic rings. The Hall–Kier alpha value is -2.15. The molecular weight excluding hydrogens is 533 g/mol. The van der Waals surface area contributed by atoms with Crippen molar-refractivity contribution in [3.63, 3.8) is 0 Å². The van der Waals surface area contributed by atoms with Crippen LogP contribution in [-0.4, -0.2) is 40.8 Å². The van der Waals surface area contributed by atoms with Gasteiger partial charge >= 0.3 is 12.4 Å². The van der Waals surface area contributed by atoms with Crippen molar-refractivity contribution >= 4 is 46.0 Å². The van der Waals surface area contributed by atoms with E-state index in [4.69, 9.17) is 28.0 Å². The Labute approximate surface area is 202 Å². The van der Waals surface area contributed by atoms with Gasteiger partial charge < -0.3 is 14.7 Å². The maximum Gasteiger partial charge on any atom is 0.435 e. The second-order valence-corrected chi connectivity index (χ2v) is 9.52. The maximum absolute atomic E-state index is 14.0. The Bertz CT molecular complexity index is 1070. The third-order valence-corrected chi connectivity index (χ3v) is 6.47. The number of benzene rings is 2. The first-order valence-electron chi connectivity index (χ1n) is 9.31. The van der Waals surface area contributed by atoms with Crippen molar-refractivity contribution in [1.82, 2.24) is 5.32 Å². The minimum Gasteiger partial charge on any atom is -0.611 e. The first-order valence-corrected chi connectivity index (χ1v) is 11.4. The second-order valence-electron chi connectivity index (χ2n) is 7.20. The highest BCUT2D eigenvalue weighted by Gasteiger charge is 2.62. The molecule has 1 aliphatic heterocycles. The van der Waals surface area contributed by atoms with E-state index in [9.17, 15) is 35.7 Å². The maximum atomic E-state index is 14.0. The zero-order valence-electron chi connectivity index (χ0n) is 16.8. The standard InChI is InChI=1S/C20H14Cl2F6N2O3S/c21-13-5-12(6-14(22)7-13)18(20(26,27)28)8-16(30-33-18)11-1-3-15(4-2-11)34(32)9-17(31)29-10-19(23,24)25/h1-7H,8-10H2,(H,29,31). The lowest BCUT2D eigenvalue weighted by molar-refractivity contribution is -0.275. The molecule has 3 rings (SSSR count). The molecule has 2 unspecified atom stereocenters. The van der Waals surface area contributed by atoms with E-state index in [2.05, 4.69) is 5.16 Å². The summed E-state index contributed by atoms with van der Waals surface area (Å²) in [4.78, 5) is 16.5. The number of nitrogens with zero attached hydrogens (tertiary/aromatic N) is 1. The number of halogens is 8. The molecule has 1 amide bonds. The fourth-order valence-corrected chi connectivity index (χ4v) is 4.57. The summed E-state index contributed by atoms with van der Waals surface area (Å²) in [5.74, 6) is -1.78. The van der Waals surface area contributed by atoms with E-state index < -0.39 is 53.8 Å². The lowest BCUT2D eigenvalue weighted by Gasteiger charge is -2.29. The normalized spacial score (nSPS) is 19.4. The molecule has 0 saturated carbocycles. The fraction of sp³-hybridized carbons (Fsp3) is 0.300. The second kappa shape index (κ2) is 9.84. The van der Waals surface area contributed by atoms with Crippen molar-refractivity contribution in [3.8, 4) is 0 Å². The Morgan fingerprint density at radius 3 is 2.21 bits per heavy atom. The Morgan fingerprint density at radius 1 is 1.09 bits per heavy atom. The van der Waals surface area contributed by atoms with Gasteiger partial charge in [0.15, 0.2) is 10.6 Å². The Balaban J connectivity index is 1.74. The number of carbonyl (C=O) groups is 1. The summed E-state index contributed by atoms with van der Waals surface area (Å²) in [5.41, 5.74) is -3.00. The number of nitrogens with one attached hydrogen (secondary N) is 1. The molecule has 0 fully saturated rings. The number of amides is 1. The van der Waals surface area contributed by atoms with Crippen molar-refractivity contribution in [3.05, 3.63) is 63.6 Å². The quantitative estimate of drug-likeness (QED) is 0.391. The predicted molar refractivity (Wildman–Crippen MR) is 113 cm³/mol. The Morgan fingerprint density at radius 2 is 1.68 bits per heavy atom. The third kappa shape index (κ3) is 6.09. The molecule has 2 atom stereocenters. The number of alkyl halides is 6. The van der Waals surface area contributed by atoms with Crippen LogP contribution in [0.1, 0.15) is 17.5 Å². The van der Waals surface area contributed by atoms with Crippen LogP contribution in [0.15, 0.2) is 52.5 Å². The minimum atomic E-state index is -4.88. The SMILES string of the molecule is O=C(C[S+]([O-])c1ccc(C2=NOC(c3cc(Cl)cc(Cl)c3)(C(F)(F)F)C2)cc1)NCC(F)(F)F. The van der Waals surface area contributed by atoms with E-state index in [1.165, 1.54) is 30.3 Å². The average Bonchev–Trinajstić information content (AvgIpc) is 3.18. The molecule has 184 valence electrons. The molecule has 5 nitrogen and oxygen atoms in total. The summed E-state index contributed by atoms with van der Waals surface area (Å²) in [7, 11) is 0. The van der Waals surface area contributed by atoms with Crippen molar-refractivity contribution in [2.24, 2.45) is 5.16 Å². The largest absolute Gasteiger partial charge is 0.611 e. The first-order chi connectivity index (χ1) is 15.7. The van der Waals surface area contributed by atoms with Crippen LogP contribution in [0.4, 0.5) is 26.3 Å². The molecule has 0 aliphatic carbocycles. The van der Waals surface area contributed by atoms with Crippen molar-refractivity contribution in [2.45, 2.75) is 29.3 Å². The van der Waals surface area contributed by atoms with Gasteiger partial charge in [0.2, 0.25) is 0 Å². The number of carbonyl (C=O) groups excluding carboxylic acids is 1. The van der Waals surface area contributed by atoms with Crippen LogP contribution in [0.5, 0.6) is 0 Å². The van der Waals surface area contributed by atoms with Gasteiger partial charge in [-0.2, -0.15) is 26.3 Å². The van der Waals surface area contributed by atoms with Crippen LogP contribution in [0, 0.1) is 0 Å². The van der Waals surface area contributed by atoms with E-state index in [1.54, 1.807) is 5.32 Å². The summed E-state index contributed by atoms with van der Waals surface area (Å²) in [6.45, 7) is -1.55. The van der Waals surface area contributed by atoms with Gasteiger partial charge in [0.25, 0.3) is 11.5 Å². The van der Waals surface area contributed by atoms with Crippen molar-refractivity contribution < 1.29 is 40.5 Å². The lowest BCUT2D eigenvalue weighted by Crippen LogP contribution is -2.42. The summed E-state index contributed by atoms with van der Waals surface area (Å²) in [6.07, 6.45) is -10.2. The highest BCUT2D eigenvalue weighted by Crippen LogP contribution is 2.49. The monoisotopic (exact) mass is 546 g/mol. The van der Waals surface area contributed by atoms with Crippen LogP contribution in [0.2, 0.25) is 10.0 Å². The molecule has 34 heavy (non-hydrogen) atoms. The Kier molecular flexibility index (Phi) is 7.66. The molecule has 0 aromatic heterocycles. The number of rotatable bonds is 6. The molecular formula is C20H14Cl2F6N2O3S. The molecule has 2 aromatic carbocycles. The van der Waals surface area contributed by atoms with Gasteiger partial charge in [0.05, 0.1) is 5.71 Å².